The van der Waals surface area contributed by atoms with Gasteiger partial charge in [0.05, 0.1) is 22.1 Å². The van der Waals surface area contributed by atoms with Crippen LogP contribution in [-0.4, -0.2) is 26.3 Å². The monoisotopic (exact) mass is 393 g/mol. The molecule has 0 saturated heterocycles. The van der Waals surface area contributed by atoms with Crippen LogP contribution in [0, 0.1) is 10.1 Å². The molecule has 0 bridgehead atoms. The molecule has 29 heavy (non-hydrogen) atoms. The minimum Gasteiger partial charge on any atom is -0.267 e. The van der Waals surface area contributed by atoms with Crippen molar-refractivity contribution < 1.29 is 9.72 Å². The molecule has 1 amide bonds. The number of carbonyl (C=O) groups excluding carboxylic acids is 1. The van der Waals surface area contributed by atoms with Crippen LogP contribution < -0.4 is 11.0 Å². The molecule has 1 heterocycles. The van der Waals surface area contributed by atoms with E-state index in [1.165, 1.54) is 16.8 Å². The third-order valence-electron chi connectivity index (χ3n) is 4.35. The van der Waals surface area contributed by atoms with E-state index in [1.807, 2.05) is 13.8 Å². The number of amides is 1. The lowest BCUT2D eigenvalue weighted by molar-refractivity contribution is -0.384. The summed E-state index contributed by atoms with van der Waals surface area (Å²) in [6.07, 6.45) is 0. The van der Waals surface area contributed by atoms with Crippen LogP contribution >= 0.6 is 0 Å². The van der Waals surface area contributed by atoms with Crippen LogP contribution in [0.2, 0.25) is 0 Å². The molecule has 0 radical (unpaired) electrons. The number of rotatable bonds is 5. The molecule has 0 aliphatic carbocycles. The van der Waals surface area contributed by atoms with Gasteiger partial charge in [-0.3, -0.25) is 19.7 Å². The molecule has 2 aromatic carbocycles. The number of nitrogens with one attached hydrogen (secondary N) is 1. The van der Waals surface area contributed by atoms with Crippen molar-refractivity contribution >= 4 is 28.1 Å². The summed E-state index contributed by atoms with van der Waals surface area (Å²) in [6.45, 7) is 5.28. The number of hydrogen-bond donors (Lipinski definition) is 1. The Morgan fingerprint density at radius 1 is 1.14 bits per heavy atom. The molecule has 3 aromatic rings. The summed E-state index contributed by atoms with van der Waals surface area (Å²) >= 11 is 0. The van der Waals surface area contributed by atoms with Crippen molar-refractivity contribution in [3.63, 3.8) is 0 Å². The van der Waals surface area contributed by atoms with Gasteiger partial charge < -0.3 is 0 Å². The maximum atomic E-state index is 12.7. The molecule has 9 heteroatoms. The van der Waals surface area contributed by atoms with Crippen molar-refractivity contribution in [2.75, 3.05) is 0 Å². The topological polar surface area (TPSA) is 119 Å². The van der Waals surface area contributed by atoms with E-state index in [-0.39, 0.29) is 23.0 Å². The van der Waals surface area contributed by atoms with Crippen molar-refractivity contribution in [2.24, 2.45) is 5.10 Å². The fraction of sp³-hybridized carbons (Fsp3) is 0.200. The minimum atomic E-state index is -0.558. The van der Waals surface area contributed by atoms with E-state index in [0.717, 1.165) is 0 Å². The van der Waals surface area contributed by atoms with Gasteiger partial charge in [0.1, 0.15) is 0 Å². The first-order valence-electron chi connectivity index (χ1n) is 8.90. The van der Waals surface area contributed by atoms with Gasteiger partial charge in [-0.1, -0.05) is 18.2 Å². The highest BCUT2D eigenvalue weighted by molar-refractivity contribution is 6.06. The van der Waals surface area contributed by atoms with Crippen LogP contribution in [0.15, 0.2) is 58.4 Å². The molecule has 1 N–H and O–H groups in total. The second kappa shape index (κ2) is 8.01. The number of hydrogen-bond acceptors (Lipinski definition) is 6. The van der Waals surface area contributed by atoms with Gasteiger partial charge in [0.2, 0.25) is 0 Å². The Kier molecular flexibility index (Phi) is 5.49. The number of nitro groups is 1. The van der Waals surface area contributed by atoms with Gasteiger partial charge in [0.15, 0.2) is 5.69 Å². The first kappa shape index (κ1) is 19.9. The molecule has 0 aliphatic rings. The molecular weight excluding hydrogens is 374 g/mol. The number of benzene rings is 2. The van der Waals surface area contributed by atoms with E-state index in [0.29, 0.717) is 22.0 Å². The maximum Gasteiger partial charge on any atom is 0.292 e. The summed E-state index contributed by atoms with van der Waals surface area (Å²) < 4.78 is 1.27. The minimum absolute atomic E-state index is 0.0304. The Hall–Kier alpha value is -3.88. The second-order valence-corrected chi connectivity index (χ2v) is 6.68. The van der Waals surface area contributed by atoms with Crippen molar-refractivity contribution in [3.8, 4) is 0 Å². The van der Waals surface area contributed by atoms with E-state index in [1.54, 1.807) is 43.3 Å². The number of hydrazone groups is 1. The molecule has 0 fully saturated rings. The standard InChI is InChI=1S/C20H19N5O4/c1-12(2)24-20(27)17-7-5-4-6-16(17)18(23-24)19(26)22-21-13(3)14-8-10-15(11-9-14)25(28)29/h4-12H,1-3H3,(H,22,26)/b21-13-. The number of nitro benzene ring substituents is 1. The predicted octanol–water partition coefficient (Wildman–Crippen LogP) is 3.04. The Balaban J connectivity index is 1.93. The molecule has 148 valence electrons. The van der Waals surface area contributed by atoms with Crippen molar-refractivity contribution in [2.45, 2.75) is 26.8 Å². The van der Waals surface area contributed by atoms with Gasteiger partial charge in [-0.25, -0.2) is 10.1 Å². The molecule has 0 saturated carbocycles. The van der Waals surface area contributed by atoms with Crippen LogP contribution in [-0.2, 0) is 0 Å². The van der Waals surface area contributed by atoms with Crippen LogP contribution in [0.1, 0.15) is 42.9 Å². The Labute approximate surface area is 165 Å². The average molecular weight is 393 g/mol. The molecule has 1 aromatic heterocycles. The number of fused-ring (bicyclic) bond motifs is 1. The number of nitrogens with zero attached hydrogens (tertiary/aromatic N) is 4. The van der Waals surface area contributed by atoms with E-state index in [4.69, 9.17) is 0 Å². The Morgan fingerprint density at radius 2 is 1.76 bits per heavy atom. The zero-order valence-corrected chi connectivity index (χ0v) is 16.1. The second-order valence-electron chi connectivity index (χ2n) is 6.68. The van der Waals surface area contributed by atoms with E-state index >= 15 is 0 Å². The lowest BCUT2D eigenvalue weighted by atomic mass is 10.1. The third-order valence-corrected chi connectivity index (χ3v) is 4.35. The molecule has 0 aliphatic heterocycles. The van der Waals surface area contributed by atoms with E-state index < -0.39 is 10.8 Å². The molecule has 3 rings (SSSR count). The number of aromatic nitrogens is 2. The Morgan fingerprint density at radius 3 is 2.34 bits per heavy atom. The largest absolute Gasteiger partial charge is 0.292 e. The highest BCUT2D eigenvalue weighted by Crippen LogP contribution is 2.15. The maximum absolute atomic E-state index is 12.7. The van der Waals surface area contributed by atoms with Crippen LogP contribution in [0.5, 0.6) is 0 Å². The highest BCUT2D eigenvalue weighted by atomic mass is 16.6. The first-order chi connectivity index (χ1) is 13.8. The first-order valence-corrected chi connectivity index (χ1v) is 8.90. The number of carbonyl (C=O) groups is 1. The lowest BCUT2D eigenvalue weighted by Crippen LogP contribution is -2.30. The highest BCUT2D eigenvalue weighted by Gasteiger charge is 2.17. The summed E-state index contributed by atoms with van der Waals surface area (Å²) in [5, 5.41) is 19.9. The van der Waals surface area contributed by atoms with Crippen LogP contribution in [0.3, 0.4) is 0 Å². The van der Waals surface area contributed by atoms with Gasteiger partial charge >= 0.3 is 0 Å². The van der Waals surface area contributed by atoms with Gasteiger partial charge in [-0.05, 0) is 44.5 Å². The molecule has 0 spiro atoms. The SMILES string of the molecule is C/C(=N/NC(=O)c1nn(C(C)C)c(=O)c2ccccc12)c1ccc([N+](=O)[O-])cc1. The van der Waals surface area contributed by atoms with Gasteiger partial charge in [0.25, 0.3) is 17.2 Å². The Bertz CT molecular complexity index is 1180. The van der Waals surface area contributed by atoms with Gasteiger partial charge in [-0.2, -0.15) is 10.2 Å². The molecule has 0 atom stereocenters. The quantitative estimate of drug-likeness (QED) is 0.406. The number of non-ortho nitro benzene ring substituents is 1. The summed E-state index contributed by atoms with van der Waals surface area (Å²) in [5.74, 6) is -0.558. The normalized spacial score (nSPS) is 11.7. The zero-order valence-electron chi connectivity index (χ0n) is 16.1. The molecule has 0 unspecified atom stereocenters. The van der Waals surface area contributed by atoms with Crippen LogP contribution in [0.25, 0.3) is 10.8 Å². The zero-order chi connectivity index (χ0) is 21.1. The van der Waals surface area contributed by atoms with Crippen molar-refractivity contribution in [3.05, 3.63) is 80.3 Å². The van der Waals surface area contributed by atoms with Gasteiger partial charge in [-0.15, -0.1) is 0 Å². The van der Waals surface area contributed by atoms with Crippen LogP contribution in [0.4, 0.5) is 5.69 Å². The molecular formula is C20H19N5O4. The summed E-state index contributed by atoms with van der Waals surface area (Å²) in [7, 11) is 0. The fourth-order valence-electron chi connectivity index (χ4n) is 2.80. The molecule has 9 nitrogen and oxygen atoms in total. The van der Waals surface area contributed by atoms with Gasteiger partial charge in [0, 0.05) is 17.5 Å². The third kappa shape index (κ3) is 4.03. The summed E-state index contributed by atoms with van der Waals surface area (Å²) in [5.41, 5.74) is 3.34. The van der Waals surface area contributed by atoms with E-state index in [2.05, 4.69) is 15.6 Å². The fourth-order valence-corrected chi connectivity index (χ4v) is 2.80. The summed E-state index contributed by atoms with van der Waals surface area (Å²) in [6, 6.07) is 12.4. The smallest absolute Gasteiger partial charge is 0.267 e. The van der Waals surface area contributed by atoms with Crippen molar-refractivity contribution in [1.82, 2.24) is 15.2 Å². The average Bonchev–Trinajstić information content (AvgIpc) is 2.72. The van der Waals surface area contributed by atoms with E-state index in [9.17, 15) is 19.7 Å². The summed E-state index contributed by atoms with van der Waals surface area (Å²) in [4.78, 5) is 35.6. The lowest BCUT2D eigenvalue weighted by Gasteiger charge is -2.12. The van der Waals surface area contributed by atoms with Crippen molar-refractivity contribution in [1.29, 1.82) is 0 Å². The predicted molar refractivity (Wildman–Crippen MR) is 109 cm³/mol.